The average molecular weight is 612 g/mol. The molecule has 1 aromatic heterocycles. The summed E-state index contributed by atoms with van der Waals surface area (Å²) in [5.74, 6) is 1.95. The van der Waals surface area contributed by atoms with Gasteiger partial charge in [0, 0.05) is 0 Å². The Morgan fingerprint density at radius 3 is 1.72 bits per heavy atom. The van der Waals surface area contributed by atoms with E-state index in [-0.39, 0.29) is 0 Å². The van der Waals surface area contributed by atoms with Crippen molar-refractivity contribution in [2.75, 3.05) is 22.9 Å². The van der Waals surface area contributed by atoms with E-state index in [1.54, 1.807) is 0 Å². The van der Waals surface area contributed by atoms with E-state index in [0.29, 0.717) is 0 Å². The zero-order valence-corrected chi connectivity index (χ0v) is 21.4. The molecule has 0 saturated heterocycles. The number of aromatic nitrogens is 1. The Bertz CT molecular complexity index is 891. The second-order valence-electron chi connectivity index (χ2n) is 6.71. The van der Waals surface area contributed by atoms with Crippen LogP contribution >= 0.6 is 27.2 Å². The van der Waals surface area contributed by atoms with Gasteiger partial charge in [0.25, 0.3) is 0 Å². The maximum atomic E-state index is 7.50. The molecule has 3 aliphatic rings. The third-order valence-electron chi connectivity index (χ3n) is 4.75. The van der Waals surface area contributed by atoms with Crippen LogP contribution in [0.1, 0.15) is 39.5 Å². The molecule has 0 atom stereocenters. The first-order valence-electron chi connectivity index (χ1n) is 9.60. The predicted octanol–water partition coefficient (Wildman–Crippen LogP) is 4.79. The van der Waals surface area contributed by atoms with Gasteiger partial charge in [-0.25, -0.2) is 0 Å². The van der Waals surface area contributed by atoms with Gasteiger partial charge in [-0.15, -0.1) is 0 Å². The number of nitrogens with zero attached hydrogens (tertiary/aromatic N) is 5. The quantitative estimate of drug-likeness (QED) is 0.263. The number of hydrogen-bond donors (Lipinski definition) is 0. The van der Waals surface area contributed by atoms with Crippen molar-refractivity contribution in [3.05, 3.63) is 49.6 Å². The zero-order valence-electron chi connectivity index (χ0n) is 16.5. The normalized spacial score (nSPS) is 19.4. The third-order valence-corrected chi connectivity index (χ3v) is 14.5. The van der Waals surface area contributed by atoms with Gasteiger partial charge in [0.05, 0.1) is 0 Å². The van der Waals surface area contributed by atoms with Gasteiger partial charge < -0.3 is 0 Å². The molecule has 0 aliphatic carbocycles. The molecule has 158 valence electrons. The molecule has 6 nitrogen and oxygen atoms in total. The van der Waals surface area contributed by atoms with Crippen LogP contribution in [0.2, 0.25) is 0 Å². The van der Waals surface area contributed by atoms with Crippen LogP contribution in [0.4, 0.5) is 11.6 Å². The van der Waals surface area contributed by atoms with Crippen molar-refractivity contribution < 1.29 is 14.6 Å². The molecule has 0 radical (unpaired) electrons. The molecule has 4 rings (SSSR count). The minimum atomic E-state index is -2.75. The second kappa shape index (κ2) is 9.80. The molecule has 3 aliphatic heterocycles. The number of pyridine rings is 1. The molecule has 0 N–H and O–H groups in total. The van der Waals surface area contributed by atoms with Crippen LogP contribution in [-0.2, 0) is 14.6 Å². The molecule has 0 fully saturated rings. The topological polar surface area (TPSA) is 45.8 Å². The number of anilines is 2. The van der Waals surface area contributed by atoms with Crippen LogP contribution < -0.4 is 9.80 Å². The Hall–Kier alpha value is -1.11. The Labute approximate surface area is 188 Å². The summed E-state index contributed by atoms with van der Waals surface area (Å²) in [6.45, 7) is 11.0. The third kappa shape index (κ3) is 4.21. The summed E-state index contributed by atoms with van der Waals surface area (Å²) in [5.41, 5.74) is 0. The molecule has 0 amide bonds. The summed E-state index contributed by atoms with van der Waals surface area (Å²) >= 11 is 8.45. The van der Waals surface area contributed by atoms with Gasteiger partial charge in [-0.1, -0.05) is 0 Å². The molecule has 0 spiro atoms. The Kier molecular flexibility index (Phi) is 7.63. The summed E-state index contributed by atoms with van der Waals surface area (Å²) < 4.78 is 10.1. The van der Waals surface area contributed by atoms with Crippen molar-refractivity contribution in [1.82, 2.24) is 14.8 Å². The summed E-state index contributed by atoms with van der Waals surface area (Å²) in [5, 5.41) is 0. The number of halogens is 2. The van der Waals surface area contributed by atoms with Crippen LogP contribution in [0.3, 0.4) is 0 Å². The number of hydrogen-bond acceptors (Lipinski definition) is 5. The van der Waals surface area contributed by atoms with Crippen molar-refractivity contribution in [3.8, 4) is 0 Å². The average Bonchev–Trinajstić information content (AvgIpc) is 3.37. The fraction of sp³-hybridized carbons (Fsp3) is 0.400. The van der Waals surface area contributed by atoms with Crippen LogP contribution in [0, 0.1) is 6.65 Å². The Morgan fingerprint density at radius 2 is 1.31 bits per heavy atom. The zero-order chi connectivity index (χ0) is 21.0. The van der Waals surface area contributed by atoms with Crippen LogP contribution in [0.15, 0.2) is 43.0 Å². The molecule has 29 heavy (non-hydrogen) atoms. The van der Waals surface area contributed by atoms with E-state index >= 15 is 0 Å². The predicted molar refractivity (Wildman–Crippen MR) is 123 cm³/mol. The molecular formula is C20H25Br2N5ORu. The molecular weight excluding hydrogens is 587 g/mol. The molecule has 0 saturated carbocycles. The van der Waals surface area contributed by atoms with E-state index in [1.165, 1.54) is 34.4 Å². The summed E-state index contributed by atoms with van der Waals surface area (Å²) in [6, 6.07) is 6.27. The SMILES string of the molecule is CCCCN1C=CN2[C]1=[Ru]([Br])([Br])=[C]1N(CCCC)C=CN1c1cccc2n1.[C-]#[O+]. The first kappa shape index (κ1) is 22.6. The number of rotatable bonds is 6. The fourth-order valence-electron chi connectivity index (χ4n) is 3.35. The van der Waals surface area contributed by atoms with Gasteiger partial charge in [0.2, 0.25) is 0 Å². The summed E-state index contributed by atoms with van der Waals surface area (Å²) in [4.78, 5) is 14.3. The van der Waals surface area contributed by atoms with Gasteiger partial charge in [-0.05, 0) is 0 Å². The van der Waals surface area contributed by atoms with Gasteiger partial charge in [-0.2, -0.15) is 0 Å². The van der Waals surface area contributed by atoms with Gasteiger partial charge in [0.15, 0.2) is 0 Å². The van der Waals surface area contributed by atoms with E-state index < -0.39 is 9.95 Å². The fourth-order valence-corrected chi connectivity index (χ4v) is 14.3. The van der Waals surface area contributed by atoms with Gasteiger partial charge in [0.1, 0.15) is 0 Å². The summed E-state index contributed by atoms with van der Waals surface area (Å²) in [6.07, 6.45) is 13.4. The van der Waals surface area contributed by atoms with Crippen molar-refractivity contribution >= 4 is 47.6 Å². The second-order valence-corrected chi connectivity index (χ2v) is 24.7. The molecule has 0 unspecified atom stereocenters. The Morgan fingerprint density at radius 1 is 0.862 bits per heavy atom. The van der Waals surface area contributed by atoms with E-state index in [2.05, 4.69) is 110 Å². The monoisotopic (exact) mass is 611 g/mol. The molecule has 9 heteroatoms. The van der Waals surface area contributed by atoms with Crippen LogP contribution in [0.25, 0.3) is 0 Å². The molecule has 2 bridgehead atoms. The van der Waals surface area contributed by atoms with Crippen LogP contribution in [-0.4, -0.2) is 36.6 Å². The molecule has 4 heterocycles. The Balaban J connectivity index is 0.00000117. The number of fused-ring (bicyclic) bond motifs is 6. The van der Waals surface area contributed by atoms with E-state index in [4.69, 9.17) is 9.64 Å². The number of unbranched alkanes of at least 4 members (excludes halogenated alkanes) is 2. The van der Waals surface area contributed by atoms with Crippen molar-refractivity contribution in [2.45, 2.75) is 39.5 Å². The summed E-state index contributed by atoms with van der Waals surface area (Å²) in [7, 11) is -2.75. The minimum absolute atomic E-state index is 0.974. The molecule has 0 aromatic carbocycles. The van der Waals surface area contributed by atoms with Gasteiger partial charge in [-0.3, -0.25) is 0 Å². The van der Waals surface area contributed by atoms with Crippen molar-refractivity contribution in [1.29, 1.82) is 0 Å². The van der Waals surface area contributed by atoms with Crippen LogP contribution in [0.5, 0.6) is 0 Å². The van der Waals surface area contributed by atoms with E-state index in [0.717, 1.165) is 24.7 Å². The maximum absolute atomic E-state index is 7.50. The van der Waals surface area contributed by atoms with Crippen molar-refractivity contribution in [3.63, 3.8) is 0 Å². The first-order chi connectivity index (χ1) is 14.1. The first-order valence-corrected chi connectivity index (χ1v) is 19.3. The van der Waals surface area contributed by atoms with Crippen molar-refractivity contribution in [2.24, 2.45) is 0 Å². The van der Waals surface area contributed by atoms with E-state index in [1.807, 2.05) is 0 Å². The van der Waals surface area contributed by atoms with E-state index in [9.17, 15) is 0 Å². The standard InChI is InChI=1S/C19H25N5.CO.2BrH.Ru/c1-3-5-10-21-12-14-23(16-21)18-8-7-9-19(20-18)24-15-13-22(17-24)11-6-4-2;1-2;;;/h7-9,12-15H,3-6,10-11H2,1-2H3;;2*1H;/q;;;;+2/p-2. The van der Waals surface area contributed by atoms with Gasteiger partial charge >= 0.3 is 189 Å². The molecule has 1 aromatic rings.